The van der Waals surface area contributed by atoms with Crippen molar-refractivity contribution < 1.29 is 9.15 Å². The number of hydrogen-bond donors (Lipinski definition) is 1. The fourth-order valence-corrected chi connectivity index (χ4v) is 2.53. The molecule has 0 unspecified atom stereocenters. The van der Waals surface area contributed by atoms with Crippen molar-refractivity contribution in [2.75, 3.05) is 0 Å². The number of aryl methyl sites for hydroxylation is 3. The highest BCUT2D eigenvalue weighted by atomic mass is 16.5. The van der Waals surface area contributed by atoms with Gasteiger partial charge in [-0.3, -0.25) is 0 Å². The maximum atomic E-state index is 5.89. The first kappa shape index (κ1) is 14.2. The van der Waals surface area contributed by atoms with Gasteiger partial charge in [-0.05, 0) is 68.5 Å². The maximum Gasteiger partial charge on any atom is 0.146 e. The Morgan fingerprint density at radius 3 is 2.48 bits per heavy atom. The minimum absolute atomic E-state index is 0.479. The summed E-state index contributed by atoms with van der Waals surface area (Å²) >= 11 is 0. The molecule has 2 aromatic rings. The lowest BCUT2D eigenvalue weighted by Crippen LogP contribution is -2.15. The van der Waals surface area contributed by atoms with Crippen LogP contribution in [0.1, 0.15) is 41.1 Å². The van der Waals surface area contributed by atoms with E-state index in [1.54, 1.807) is 0 Å². The lowest BCUT2D eigenvalue weighted by Gasteiger charge is -2.06. The number of ether oxygens (including phenoxy) is 1. The van der Waals surface area contributed by atoms with E-state index in [0.717, 1.165) is 23.8 Å². The fourth-order valence-electron chi connectivity index (χ4n) is 2.53. The first-order valence-electron chi connectivity index (χ1n) is 7.63. The van der Waals surface area contributed by atoms with Crippen molar-refractivity contribution in [2.45, 2.75) is 52.8 Å². The van der Waals surface area contributed by atoms with E-state index in [2.05, 4.69) is 50.4 Å². The van der Waals surface area contributed by atoms with E-state index >= 15 is 0 Å². The zero-order chi connectivity index (χ0) is 14.8. The predicted octanol–water partition coefficient (Wildman–Crippen LogP) is 4.04. The van der Waals surface area contributed by atoms with Gasteiger partial charge in [0.1, 0.15) is 23.9 Å². The molecule has 0 amide bonds. The van der Waals surface area contributed by atoms with Gasteiger partial charge in [-0.2, -0.15) is 0 Å². The Morgan fingerprint density at radius 1 is 1.10 bits per heavy atom. The largest absolute Gasteiger partial charge is 0.486 e. The monoisotopic (exact) mass is 285 g/mol. The van der Waals surface area contributed by atoms with Crippen molar-refractivity contribution in [3.8, 4) is 5.75 Å². The normalized spacial score (nSPS) is 14.4. The summed E-state index contributed by atoms with van der Waals surface area (Å²) in [5, 5.41) is 3.48. The SMILES string of the molecule is Cc1cc(C)cc(OCc2cc(C)c(CNC3CC3)o2)c1. The van der Waals surface area contributed by atoms with Crippen LogP contribution in [0.5, 0.6) is 5.75 Å². The molecule has 21 heavy (non-hydrogen) atoms. The standard InChI is InChI=1S/C18H23NO2/c1-12-6-13(2)8-16(7-12)20-11-17-9-14(3)18(21-17)10-19-15-4-5-15/h6-9,15,19H,4-5,10-11H2,1-3H3. The van der Waals surface area contributed by atoms with E-state index in [1.165, 1.54) is 29.5 Å². The van der Waals surface area contributed by atoms with Gasteiger partial charge in [0.2, 0.25) is 0 Å². The van der Waals surface area contributed by atoms with Gasteiger partial charge in [0.05, 0.1) is 6.54 Å². The molecule has 0 bridgehead atoms. The number of furan rings is 1. The van der Waals surface area contributed by atoms with Crippen molar-refractivity contribution in [3.05, 3.63) is 52.5 Å². The summed E-state index contributed by atoms with van der Waals surface area (Å²) in [6.45, 7) is 7.55. The van der Waals surface area contributed by atoms with Gasteiger partial charge < -0.3 is 14.5 Å². The second-order valence-electron chi connectivity index (χ2n) is 6.09. The van der Waals surface area contributed by atoms with E-state index in [1.807, 2.05) is 0 Å². The van der Waals surface area contributed by atoms with E-state index in [0.29, 0.717) is 12.6 Å². The Balaban J connectivity index is 1.60. The van der Waals surface area contributed by atoms with Crippen molar-refractivity contribution in [2.24, 2.45) is 0 Å². The molecule has 3 heteroatoms. The van der Waals surface area contributed by atoms with Gasteiger partial charge in [-0.25, -0.2) is 0 Å². The van der Waals surface area contributed by atoms with Gasteiger partial charge in [0.15, 0.2) is 0 Å². The second kappa shape index (κ2) is 5.94. The van der Waals surface area contributed by atoms with Crippen LogP contribution in [-0.4, -0.2) is 6.04 Å². The highest BCUT2D eigenvalue weighted by Crippen LogP contribution is 2.22. The average Bonchev–Trinajstić information content (AvgIpc) is 3.17. The molecule has 112 valence electrons. The molecule has 1 saturated carbocycles. The molecule has 1 aliphatic carbocycles. The zero-order valence-corrected chi connectivity index (χ0v) is 13.0. The highest BCUT2D eigenvalue weighted by Gasteiger charge is 2.21. The summed E-state index contributed by atoms with van der Waals surface area (Å²) in [5.41, 5.74) is 3.63. The molecule has 3 rings (SSSR count). The van der Waals surface area contributed by atoms with Crippen LogP contribution in [-0.2, 0) is 13.2 Å². The summed E-state index contributed by atoms with van der Waals surface area (Å²) < 4.78 is 11.7. The molecule has 3 nitrogen and oxygen atoms in total. The molecule has 0 saturated heterocycles. The van der Waals surface area contributed by atoms with Crippen LogP contribution in [0.3, 0.4) is 0 Å². The number of hydrogen-bond acceptors (Lipinski definition) is 3. The summed E-state index contributed by atoms with van der Waals surface area (Å²) in [6, 6.07) is 9.03. The molecule has 1 fully saturated rings. The number of nitrogens with one attached hydrogen (secondary N) is 1. The second-order valence-corrected chi connectivity index (χ2v) is 6.09. The van der Waals surface area contributed by atoms with Crippen molar-refractivity contribution in [3.63, 3.8) is 0 Å². The minimum Gasteiger partial charge on any atom is -0.486 e. The Morgan fingerprint density at radius 2 is 1.81 bits per heavy atom. The summed E-state index contributed by atoms with van der Waals surface area (Å²) in [7, 11) is 0. The van der Waals surface area contributed by atoms with Crippen molar-refractivity contribution in [1.82, 2.24) is 5.32 Å². The molecule has 1 aromatic carbocycles. The van der Waals surface area contributed by atoms with Crippen LogP contribution < -0.4 is 10.1 Å². The van der Waals surface area contributed by atoms with E-state index < -0.39 is 0 Å². The third kappa shape index (κ3) is 3.88. The predicted molar refractivity (Wildman–Crippen MR) is 83.6 cm³/mol. The minimum atomic E-state index is 0.479. The van der Waals surface area contributed by atoms with Crippen LogP contribution in [0.4, 0.5) is 0 Å². The molecule has 0 radical (unpaired) electrons. The van der Waals surface area contributed by atoms with Gasteiger partial charge >= 0.3 is 0 Å². The lowest BCUT2D eigenvalue weighted by molar-refractivity contribution is 0.264. The highest BCUT2D eigenvalue weighted by molar-refractivity contribution is 5.33. The van der Waals surface area contributed by atoms with Gasteiger partial charge in [0, 0.05) is 6.04 Å². The first-order valence-corrected chi connectivity index (χ1v) is 7.63. The molecule has 1 aliphatic rings. The Hall–Kier alpha value is -1.74. The van der Waals surface area contributed by atoms with Crippen LogP contribution in [0.25, 0.3) is 0 Å². The molecular weight excluding hydrogens is 262 g/mol. The van der Waals surface area contributed by atoms with E-state index in [9.17, 15) is 0 Å². The smallest absolute Gasteiger partial charge is 0.146 e. The Labute approximate surface area is 126 Å². The van der Waals surface area contributed by atoms with Crippen LogP contribution >= 0.6 is 0 Å². The third-order valence-electron chi connectivity index (χ3n) is 3.78. The van der Waals surface area contributed by atoms with Gasteiger partial charge in [-0.1, -0.05) is 6.07 Å². The molecule has 0 atom stereocenters. The topological polar surface area (TPSA) is 34.4 Å². The van der Waals surface area contributed by atoms with Gasteiger partial charge in [-0.15, -0.1) is 0 Å². The first-order chi connectivity index (χ1) is 10.1. The Bertz CT molecular complexity index is 606. The van der Waals surface area contributed by atoms with Crippen LogP contribution in [0, 0.1) is 20.8 Å². The summed E-state index contributed by atoms with van der Waals surface area (Å²) in [5.74, 6) is 2.82. The van der Waals surface area contributed by atoms with E-state index in [-0.39, 0.29) is 0 Å². The van der Waals surface area contributed by atoms with Gasteiger partial charge in [0.25, 0.3) is 0 Å². The summed E-state index contributed by atoms with van der Waals surface area (Å²) in [6.07, 6.45) is 2.59. The summed E-state index contributed by atoms with van der Waals surface area (Å²) in [4.78, 5) is 0. The Kier molecular flexibility index (Phi) is 4.02. The van der Waals surface area contributed by atoms with Crippen LogP contribution in [0.15, 0.2) is 28.7 Å². The average molecular weight is 285 g/mol. The molecule has 1 N–H and O–H groups in total. The zero-order valence-electron chi connectivity index (χ0n) is 13.0. The third-order valence-corrected chi connectivity index (χ3v) is 3.78. The molecule has 0 aliphatic heterocycles. The molecular formula is C18H23NO2. The number of benzene rings is 1. The molecule has 1 heterocycles. The lowest BCUT2D eigenvalue weighted by atomic mass is 10.1. The fraction of sp³-hybridized carbons (Fsp3) is 0.444. The van der Waals surface area contributed by atoms with E-state index in [4.69, 9.17) is 9.15 Å². The quantitative estimate of drug-likeness (QED) is 0.870. The molecule has 1 aromatic heterocycles. The maximum absolute atomic E-state index is 5.89. The van der Waals surface area contributed by atoms with Crippen molar-refractivity contribution >= 4 is 0 Å². The van der Waals surface area contributed by atoms with Crippen LogP contribution in [0.2, 0.25) is 0 Å². The molecule has 0 spiro atoms. The number of rotatable bonds is 6. The van der Waals surface area contributed by atoms with Crippen molar-refractivity contribution in [1.29, 1.82) is 0 Å².